The molecule has 1 N–H and O–H groups in total. The zero-order chi connectivity index (χ0) is 23.5. The van der Waals surface area contributed by atoms with Crippen LogP contribution in [-0.4, -0.2) is 22.3 Å². The van der Waals surface area contributed by atoms with E-state index in [1.54, 1.807) is 22.8 Å². The van der Waals surface area contributed by atoms with Crippen LogP contribution < -0.4 is 20.3 Å². The molecule has 1 amide bonds. The second-order valence-corrected chi connectivity index (χ2v) is 8.47. The molecule has 7 nitrogen and oxygen atoms in total. The van der Waals surface area contributed by atoms with Crippen molar-refractivity contribution >= 4 is 28.5 Å². The van der Waals surface area contributed by atoms with Crippen molar-refractivity contribution in [1.82, 2.24) is 14.9 Å². The summed E-state index contributed by atoms with van der Waals surface area (Å²) in [6.07, 6.45) is 0.368. The summed E-state index contributed by atoms with van der Waals surface area (Å²) in [6, 6.07) is 20.6. The van der Waals surface area contributed by atoms with E-state index in [2.05, 4.69) is 10.3 Å². The highest BCUT2D eigenvalue weighted by Gasteiger charge is 2.15. The fourth-order valence-corrected chi connectivity index (χ4v) is 4.10. The number of fused-ring (bicyclic) bond motifs is 2. The van der Waals surface area contributed by atoms with Crippen LogP contribution in [0.5, 0.6) is 11.5 Å². The Morgan fingerprint density at radius 1 is 1.00 bits per heavy atom. The number of aromatic nitrogens is 2. The number of ether oxygens (including phenoxy) is 2. The molecule has 34 heavy (non-hydrogen) atoms. The largest absolute Gasteiger partial charge is 0.454 e. The van der Waals surface area contributed by atoms with Gasteiger partial charge in [-0.25, -0.2) is 4.98 Å². The van der Waals surface area contributed by atoms with Crippen molar-refractivity contribution in [3.8, 4) is 11.5 Å². The number of halogens is 1. The third kappa shape index (κ3) is 4.75. The minimum atomic E-state index is -0.206. The van der Waals surface area contributed by atoms with E-state index in [1.165, 1.54) is 0 Å². The Morgan fingerprint density at radius 2 is 1.82 bits per heavy atom. The van der Waals surface area contributed by atoms with Gasteiger partial charge in [-0.05, 0) is 41.5 Å². The Labute approximate surface area is 200 Å². The van der Waals surface area contributed by atoms with Crippen LogP contribution in [-0.2, 0) is 24.3 Å². The van der Waals surface area contributed by atoms with Gasteiger partial charge in [0.1, 0.15) is 5.69 Å². The predicted molar refractivity (Wildman–Crippen MR) is 129 cm³/mol. The molecule has 4 aromatic rings. The second kappa shape index (κ2) is 9.57. The molecule has 0 atom stereocenters. The lowest BCUT2D eigenvalue weighted by Gasteiger charge is -2.13. The quantitative estimate of drug-likeness (QED) is 0.435. The van der Waals surface area contributed by atoms with E-state index < -0.39 is 0 Å². The van der Waals surface area contributed by atoms with Gasteiger partial charge in [-0.1, -0.05) is 48.0 Å². The monoisotopic (exact) mass is 475 g/mol. The lowest BCUT2D eigenvalue weighted by molar-refractivity contribution is -0.121. The molecule has 5 rings (SSSR count). The van der Waals surface area contributed by atoms with E-state index in [0.29, 0.717) is 46.3 Å². The Bertz CT molecular complexity index is 1420. The summed E-state index contributed by atoms with van der Waals surface area (Å²) in [6.45, 7) is 0.967. The predicted octanol–water partition coefficient (Wildman–Crippen LogP) is 4.08. The zero-order valence-electron chi connectivity index (χ0n) is 18.3. The molecule has 1 aromatic heterocycles. The van der Waals surface area contributed by atoms with Gasteiger partial charge in [0.15, 0.2) is 11.5 Å². The van der Waals surface area contributed by atoms with Gasteiger partial charge in [-0.15, -0.1) is 0 Å². The molecule has 0 saturated carbocycles. The van der Waals surface area contributed by atoms with Crippen LogP contribution in [0.3, 0.4) is 0 Å². The summed E-state index contributed by atoms with van der Waals surface area (Å²) < 4.78 is 12.4. The van der Waals surface area contributed by atoms with Crippen molar-refractivity contribution in [2.24, 2.45) is 0 Å². The molecule has 0 bridgehead atoms. The Balaban J connectivity index is 1.32. The number of aryl methyl sites for hydroxylation is 1. The first-order valence-corrected chi connectivity index (χ1v) is 11.3. The first kappa shape index (κ1) is 22.0. The van der Waals surface area contributed by atoms with Crippen LogP contribution >= 0.6 is 11.6 Å². The maximum absolute atomic E-state index is 13.3. The van der Waals surface area contributed by atoms with Crippen LogP contribution in [0.4, 0.5) is 0 Å². The number of nitrogens with zero attached hydrogens (tertiary/aromatic N) is 2. The fourth-order valence-electron chi connectivity index (χ4n) is 3.93. The average molecular weight is 476 g/mol. The summed E-state index contributed by atoms with van der Waals surface area (Å²) >= 11 is 6.18. The van der Waals surface area contributed by atoms with Crippen LogP contribution in [0.2, 0.25) is 5.02 Å². The third-order valence-electron chi connectivity index (χ3n) is 5.67. The molecule has 3 aromatic carbocycles. The van der Waals surface area contributed by atoms with Crippen molar-refractivity contribution in [3.63, 3.8) is 0 Å². The first-order valence-electron chi connectivity index (χ1n) is 10.9. The van der Waals surface area contributed by atoms with Crippen LogP contribution in [0.15, 0.2) is 71.5 Å². The summed E-state index contributed by atoms with van der Waals surface area (Å²) in [5.74, 6) is 1.20. The highest BCUT2D eigenvalue weighted by atomic mass is 35.5. The van der Waals surface area contributed by atoms with Gasteiger partial charge in [0, 0.05) is 24.4 Å². The lowest BCUT2D eigenvalue weighted by atomic mass is 10.1. The van der Waals surface area contributed by atoms with Gasteiger partial charge >= 0.3 is 0 Å². The molecule has 0 radical (unpaired) electrons. The molecule has 0 unspecified atom stereocenters. The number of rotatable bonds is 7. The highest BCUT2D eigenvalue weighted by Crippen LogP contribution is 2.32. The molecule has 8 heteroatoms. The molecule has 2 heterocycles. The molecular formula is C26H22ClN3O4. The van der Waals surface area contributed by atoms with Gasteiger partial charge in [0.25, 0.3) is 5.56 Å². The Morgan fingerprint density at radius 3 is 2.68 bits per heavy atom. The second-order valence-electron chi connectivity index (χ2n) is 8.03. The van der Waals surface area contributed by atoms with E-state index in [4.69, 9.17) is 21.1 Å². The van der Waals surface area contributed by atoms with E-state index in [1.807, 2.05) is 48.5 Å². The molecule has 0 fully saturated rings. The Kier molecular flexibility index (Phi) is 6.18. The van der Waals surface area contributed by atoms with Crippen molar-refractivity contribution in [2.45, 2.75) is 25.9 Å². The summed E-state index contributed by atoms with van der Waals surface area (Å²) in [5, 5.41) is 3.43. The molecule has 1 aliphatic heterocycles. The van der Waals surface area contributed by atoms with E-state index in [9.17, 15) is 9.59 Å². The number of amides is 1. The van der Waals surface area contributed by atoms with Gasteiger partial charge in [0.2, 0.25) is 12.7 Å². The van der Waals surface area contributed by atoms with Gasteiger partial charge < -0.3 is 19.4 Å². The van der Waals surface area contributed by atoms with Crippen molar-refractivity contribution in [1.29, 1.82) is 0 Å². The fraction of sp³-hybridized carbons (Fsp3) is 0.192. The van der Waals surface area contributed by atoms with E-state index in [0.717, 1.165) is 11.1 Å². The maximum atomic E-state index is 13.3. The van der Waals surface area contributed by atoms with Crippen LogP contribution in [0.1, 0.15) is 23.2 Å². The lowest BCUT2D eigenvalue weighted by Crippen LogP contribution is -2.28. The summed E-state index contributed by atoms with van der Waals surface area (Å²) in [5.41, 5.74) is 3.36. The van der Waals surface area contributed by atoms with Crippen molar-refractivity contribution in [3.05, 3.63) is 98.9 Å². The molecule has 0 spiro atoms. The smallest absolute Gasteiger partial charge is 0.273 e. The zero-order valence-corrected chi connectivity index (χ0v) is 19.0. The highest BCUT2D eigenvalue weighted by molar-refractivity contribution is 6.31. The summed E-state index contributed by atoms with van der Waals surface area (Å²) in [4.78, 5) is 30.3. The van der Waals surface area contributed by atoms with Crippen molar-refractivity contribution < 1.29 is 14.3 Å². The number of hydrogen-bond acceptors (Lipinski definition) is 5. The number of carbonyl (C=O) groups excluding carboxylic acids is 1. The van der Waals surface area contributed by atoms with Crippen LogP contribution in [0.25, 0.3) is 11.0 Å². The summed E-state index contributed by atoms with van der Waals surface area (Å²) in [7, 11) is 0. The minimum absolute atomic E-state index is 0.143. The minimum Gasteiger partial charge on any atom is -0.454 e. The standard InChI is InChI=1S/C26H22ClN3O4/c27-19-7-9-22-21(13-19)29-20(26(32)30(22)15-17-4-2-1-3-5-17)8-11-25(31)28-14-18-6-10-23-24(12-18)34-16-33-23/h1-7,9-10,12-13H,8,11,14-16H2,(H,28,31). The van der Waals surface area contributed by atoms with Crippen molar-refractivity contribution in [2.75, 3.05) is 6.79 Å². The van der Waals surface area contributed by atoms with E-state index in [-0.39, 0.29) is 31.1 Å². The van der Waals surface area contributed by atoms with Gasteiger partial charge in [-0.2, -0.15) is 0 Å². The molecular weight excluding hydrogens is 454 g/mol. The SMILES string of the molecule is O=C(CCc1nc2cc(Cl)ccc2n(Cc2ccccc2)c1=O)NCc1ccc2c(c1)OCO2. The molecule has 172 valence electrons. The normalized spacial score (nSPS) is 12.1. The molecule has 0 aliphatic carbocycles. The molecule has 0 saturated heterocycles. The average Bonchev–Trinajstić information content (AvgIpc) is 3.32. The van der Waals surface area contributed by atoms with Gasteiger partial charge in [-0.3, -0.25) is 9.59 Å². The number of benzene rings is 3. The van der Waals surface area contributed by atoms with Crippen LogP contribution in [0, 0.1) is 0 Å². The number of hydrogen-bond donors (Lipinski definition) is 1. The Hall–Kier alpha value is -3.84. The van der Waals surface area contributed by atoms with Gasteiger partial charge in [0.05, 0.1) is 17.6 Å². The first-order chi connectivity index (χ1) is 16.6. The molecule has 1 aliphatic rings. The third-order valence-corrected chi connectivity index (χ3v) is 5.91. The maximum Gasteiger partial charge on any atom is 0.273 e. The number of nitrogens with one attached hydrogen (secondary N) is 1. The topological polar surface area (TPSA) is 82.5 Å². The van der Waals surface area contributed by atoms with E-state index >= 15 is 0 Å². The number of carbonyl (C=O) groups is 1.